The van der Waals surface area contributed by atoms with Crippen molar-refractivity contribution in [1.82, 2.24) is 5.32 Å². The van der Waals surface area contributed by atoms with Crippen LogP contribution in [-0.4, -0.2) is 37.4 Å². The topological polar surface area (TPSA) is 58.6 Å². The zero-order chi connectivity index (χ0) is 8.10. The lowest BCUT2D eigenvalue weighted by molar-refractivity contribution is -0.142. The molecule has 64 valence electrons. The van der Waals surface area contributed by atoms with E-state index in [1.165, 1.54) is 0 Å². The van der Waals surface area contributed by atoms with E-state index < -0.39 is 5.97 Å². The Morgan fingerprint density at radius 2 is 2.55 bits per heavy atom. The van der Waals surface area contributed by atoms with Gasteiger partial charge in [-0.25, -0.2) is 4.79 Å². The number of carbonyl (C=O) groups is 1. The fourth-order valence-electron chi connectivity index (χ4n) is 1.17. The van der Waals surface area contributed by atoms with E-state index in [9.17, 15) is 4.79 Å². The van der Waals surface area contributed by atoms with E-state index in [0.717, 1.165) is 19.5 Å². The van der Waals surface area contributed by atoms with Gasteiger partial charge in [-0.15, -0.1) is 0 Å². The van der Waals surface area contributed by atoms with Gasteiger partial charge in [-0.1, -0.05) is 0 Å². The molecule has 1 saturated heterocycles. The molecule has 1 fully saturated rings. The van der Waals surface area contributed by atoms with Gasteiger partial charge in [-0.05, 0) is 18.9 Å². The third kappa shape index (κ3) is 3.34. The van der Waals surface area contributed by atoms with Gasteiger partial charge in [-0.3, -0.25) is 0 Å². The van der Waals surface area contributed by atoms with Gasteiger partial charge in [0.25, 0.3) is 0 Å². The Hall–Kier alpha value is -0.610. The van der Waals surface area contributed by atoms with Crippen LogP contribution in [-0.2, 0) is 9.53 Å². The minimum atomic E-state index is -0.893. The molecule has 0 aliphatic carbocycles. The summed E-state index contributed by atoms with van der Waals surface area (Å²) in [4.78, 5) is 10.0. The van der Waals surface area contributed by atoms with Crippen molar-refractivity contribution in [3.63, 3.8) is 0 Å². The highest BCUT2D eigenvalue weighted by Crippen LogP contribution is 2.06. The van der Waals surface area contributed by atoms with Crippen molar-refractivity contribution < 1.29 is 14.6 Å². The van der Waals surface area contributed by atoms with E-state index in [2.05, 4.69) is 5.32 Å². The van der Waals surface area contributed by atoms with Crippen LogP contribution in [0.2, 0.25) is 0 Å². The molecule has 0 spiro atoms. The van der Waals surface area contributed by atoms with Crippen LogP contribution in [0, 0.1) is 5.92 Å². The van der Waals surface area contributed by atoms with E-state index in [1.54, 1.807) is 0 Å². The Bertz CT molecular complexity index is 132. The highest BCUT2D eigenvalue weighted by atomic mass is 16.5. The predicted molar refractivity (Wildman–Crippen MR) is 39.4 cm³/mol. The maximum atomic E-state index is 10.0. The third-order valence-electron chi connectivity index (χ3n) is 1.74. The van der Waals surface area contributed by atoms with Crippen LogP contribution in [0.4, 0.5) is 0 Å². The van der Waals surface area contributed by atoms with Gasteiger partial charge in [0.05, 0.1) is 6.61 Å². The Labute approximate surface area is 65.5 Å². The standard InChI is InChI=1S/C7H13NO3/c9-7(10)5-11-4-6-1-2-8-3-6/h6,8H,1-5H2,(H,9,10). The van der Waals surface area contributed by atoms with Gasteiger partial charge < -0.3 is 15.2 Å². The van der Waals surface area contributed by atoms with Crippen molar-refractivity contribution in [3.8, 4) is 0 Å². The van der Waals surface area contributed by atoms with Gasteiger partial charge in [0.15, 0.2) is 0 Å². The maximum absolute atomic E-state index is 10.0. The Balaban J connectivity index is 1.98. The molecule has 0 aromatic heterocycles. The smallest absolute Gasteiger partial charge is 0.329 e. The number of rotatable bonds is 4. The molecule has 11 heavy (non-hydrogen) atoms. The number of aliphatic carboxylic acids is 1. The molecule has 1 heterocycles. The first-order chi connectivity index (χ1) is 5.29. The molecule has 4 heteroatoms. The number of carboxylic acid groups (broad SMARTS) is 1. The molecule has 0 amide bonds. The average Bonchev–Trinajstić information content (AvgIpc) is 2.39. The number of carboxylic acids is 1. The minimum Gasteiger partial charge on any atom is -0.480 e. The number of ether oxygens (including phenoxy) is 1. The summed E-state index contributed by atoms with van der Waals surface area (Å²) in [5.41, 5.74) is 0. The first-order valence-electron chi connectivity index (χ1n) is 3.79. The number of hydrogen-bond donors (Lipinski definition) is 2. The molecule has 1 aliphatic rings. The second-order valence-electron chi connectivity index (χ2n) is 2.77. The number of nitrogens with one attached hydrogen (secondary N) is 1. The summed E-state index contributed by atoms with van der Waals surface area (Å²) < 4.78 is 4.94. The van der Waals surface area contributed by atoms with Gasteiger partial charge in [0.1, 0.15) is 6.61 Å². The monoisotopic (exact) mass is 159 g/mol. The highest BCUT2D eigenvalue weighted by molar-refractivity contribution is 5.67. The predicted octanol–water partition coefficient (Wildman–Crippen LogP) is -0.303. The molecule has 2 N–H and O–H groups in total. The molecule has 0 bridgehead atoms. The van der Waals surface area contributed by atoms with Gasteiger partial charge in [0.2, 0.25) is 0 Å². The van der Waals surface area contributed by atoms with Crippen LogP contribution < -0.4 is 5.32 Å². The minimum absolute atomic E-state index is 0.170. The molecule has 0 saturated carbocycles. The molecule has 0 radical (unpaired) electrons. The molecule has 0 aromatic carbocycles. The molecular formula is C7H13NO3. The molecule has 1 atom stereocenters. The van der Waals surface area contributed by atoms with Crippen LogP contribution in [0.1, 0.15) is 6.42 Å². The number of hydrogen-bond acceptors (Lipinski definition) is 3. The van der Waals surface area contributed by atoms with Crippen molar-refractivity contribution in [2.45, 2.75) is 6.42 Å². The normalized spacial score (nSPS) is 23.8. The van der Waals surface area contributed by atoms with Crippen molar-refractivity contribution in [1.29, 1.82) is 0 Å². The van der Waals surface area contributed by atoms with E-state index in [4.69, 9.17) is 9.84 Å². The van der Waals surface area contributed by atoms with Gasteiger partial charge >= 0.3 is 5.97 Å². The van der Waals surface area contributed by atoms with Crippen LogP contribution >= 0.6 is 0 Å². The van der Waals surface area contributed by atoms with Crippen molar-refractivity contribution in [3.05, 3.63) is 0 Å². The second-order valence-corrected chi connectivity index (χ2v) is 2.77. The summed E-state index contributed by atoms with van der Waals surface area (Å²) in [6.45, 7) is 2.39. The summed E-state index contributed by atoms with van der Waals surface area (Å²) in [6, 6.07) is 0. The zero-order valence-corrected chi connectivity index (χ0v) is 6.38. The van der Waals surface area contributed by atoms with Gasteiger partial charge in [0, 0.05) is 6.54 Å². The van der Waals surface area contributed by atoms with E-state index >= 15 is 0 Å². The van der Waals surface area contributed by atoms with Crippen LogP contribution in [0.5, 0.6) is 0 Å². The van der Waals surface area contributed by atoms with Crippen molar-refractivity contribution in [2.75, 3.05) is 26.3 Å². The summed E-state index contributed by atoms with van der Waals surface area (Å²) in [6.07, 6.45) is 1.10. The Kier molecular flexibility index (Phi) is 3.32. The SMILES string of the molecule is O=C(O)COCC1CCNC1. The summed E-state index contributed by atoms with van der Waals surface area (Å²) >= 11 is 0. The third-order valence-corrected chi connectivity index (χ3v) is 1.74. The molecule has 4 nitrogen and oxygen atoms in total. The van der Waals surface area contributed by atoms with Crippen LogP contribution in [0.25, 0.3) is 0 Å². The molecule has 1 aliphatic heterocycles. The van der Waals surface area contributed by atoms with Crippen LogP contribution in [0.15, 0.2) is 0 Å². The van der Waals surface area contributed by atoms with E-state index in [0.29, 0.717) is 12.5 Å². The molecule has 1 unspecified atom stereocenters. The summed E-state index contributed by atoms with van der Waals surface area (Å²) in [7, 11) is 0. The molecule has 1 rings (SSSR count). The lowest BCUT2D eigenvalue weighted by Gasteiger charge is -2.06. The second kappa shape index (κ2) is 4.31. The van der Waals surface area contributed by atoms with E-state index in [1.807, 2.05) is 0 Å². The van der Waals surface area contributed by atoms with Crippen LogP contribution in [0.3, 0.4) is 0 Å². The summed E-state index contributed by atoms with van der Waals surface area (Å²) in [5, 5.41) is 11.4. The fraction of sp³-hybridized carbons (Fsp3) is 0.857. The first-order valence-corrected chi connectivity index (χ1v) is 3.79. The highest BCUT2D eigenvalue weighted by Gasteiger charge is 2.14. The first kappa shape index (κ1) is 8.49. The zero-order valence-electron chi connectivity index (χ0n) is 6.38. The molecular weight excluding hydrogens is 146 g/mol. The quantitative estimate of drug-likeness (QED) is 0.591. The average molecular weight is 159 g/mol. The Morgan fingerprint density at radius 1 is 1.73 bits per heavy atom. The lowest BCUT2D eigenvalue weighted by atomic mass is 10.1. The Morgan fingerprint density at radius 3 is 3.09 bits per heavy atom. The largest absolute Gasteiger partial charge is 0.480 e. The van der Waals surface area contributed by atoms with E-state index in [-0.39, 0.29) is 6.61 Å². The molecule has 0 aromatic rings. The fourth-order valence-corrected chi connectivity index (χ4v) is 1.17. The maximum Gasteiger partial charge on any atom is 0.329 e. The summed E-state index contributed by atoms with van der Waals surface area (Å²) in [5.74, 6) is -0.384. The van der Waals surface area contributed by atoms with Crippen molar-refractivity contribution in [2.24, 2.45) is 5.92 Å². The van der Waals surface area contributed by atoms with Crippen molar-refractivity contribution >= 4 is 5.97 Å². The lowest BCUT2D eigenvalue weighted by Crippen LogP contribution is -2.16. The van der Waals surface area contributed by atoms with Gasteiger partial charge in [-0.2, -0.15) is 0 Å².